The maximum absolute atomic E-state index is 10.6. The molecule has 5 heteroatoms. The molecule has 0 aromatic heterocycles. The molecule has 21 heavy (non-hydrogen) atoms. The summed E-state index contributed by atoms with van der Waals surface area (Å²) >= 11 is 0. The highest BCUT2D eigenvalue weighted by molar-refractivity contribution is 6.16. The van der Waals surface area contributed by atoms with Crippen LogP contribution in [0.5, 0.6) is 0 Å². The lowest BCUT2D eigenvalue weighted by molar-refractivity contribution is -0.139. The molecule has 0 saturated heterocycles. The monoisotopic (exact) mass is 282 g/mol. The Labute approximate surface area is 127 Å². The fourth-order valence-electron chi connectivity index (χ4n) is 2.87. The molecule has 0 N–H and O–H groups in total. The van der Waals surface area contributed by atoms with E-state index in [2.05, 4.69) is 24.0 Å². The number of hydrogen-bond acceptors (Lipinski definition) is 4. The van der Waals surface area contributed by atoms with E-state index in [-0.39, 0.29) is 18.9 Å². The van der Waals surface area contributed by atoms with Crippen molar-refractivity contribution >= 4 is 13.8 Å². The highest BCUT2D eigenvalue weighted by Crippen LogP contribution is 2.57. The van der Waals surface area contributed by atoms with Crippen LogP contribution in [0.2, 0.25) is 5.31 Å². The van der Waals surface area contributed by atoms with Crippen LogP contribution >= 0.6 is 0 Å². The van der Waals surface area contributed by atoms with Crippen LogP contribution in [-0.4, -0.2) is 20.4 Å². The first-order chi connectivity index (χ1) is 9.92. The zero-order chi connectivity index (χ0) is 15.9. The Morgan fingerprint density at radius 1 is 1.38 bits per heavy atom. The second-order valence-corrected chi connectivity index (χ2v) is 5.63. The smallest absolute Gasteiger partial charge is 0.303 e. The molecule has 1 unspecified atom stereocenters. The summed E-state index contributed by atoms with van der Waals surface area (Å²) < 4.78 is 4.71. The third kappa shape index (κ3) is 3.59. The summed E-state index contributed by atoms with van der Waals surface area (Å²) in [6, 6.07) is 4.22. The van der Waals surface area contributed by atoms with Gasteiger partial charge in [-0.1, -0.05) is 44.4 Å². The van der Waals surface area contributed by atoms with Crippen molar-refractivity contribution in [2.45, 2.75) is 51.3 Å². The van der Waals surface area contributed by atoms with E-state index in [0.29, 0.717) is 6.42 Å². The molecule has 1 rings (SSSR count). The molecule has 0 aromatic rings. The van der Waals surface area contributed by atoms with Crippen LogP contribution in [0.1, 0.15) is 46.0 Å². The Bertz CT molecular complexity index is 521. The summed E-state index contributed by atoms with van der Waals surface area (Å²) in [6.45, 7) is 3.26. The molecule has 1 aliphatic carbocycles. The van der Waals surface area contributed by atoms with Gasteiger partial charge in [-0.15, -0.1) is 0 Å². The second-order valence-electron chi connectivity index (χ2n) is 5.63. The largest absolute Gasteiger partial charge is 0.453 e. The van der Waals surface area contributed by atoms with Gasteiger partial charge in [-0.25, -0.2) is 0 Å². The third-order valence-electron chi connectivity index (χ3n) is 4.36. The maximum Gasteiger partial charge on any atom is 0.303 e. The quantitative estimate of drug-likeness (QED) is 0.453. The second kappa shape index (κ2) is 7.19. The number of rotatable bonds is 3. The van der Waals surface area contributed by atoms with Crippen LogP contribution in [0, 0.1) is 45.8 Å². The van der Waals surface area contributed by atoms with Crippen molar-refractivity contribution in [3.8, 4) is 24.0 Å². The van der Waals surface area contributed by atoms with Gasteiger partial charge in [-0.2, -0.15) is 10.5 Å². The zero-order valence-electron chi connectivity index (χ0n) is 12.6. The first kappa shape index (κ1) is 17.1. The minimum absolute atomic E-state index is 0.0323. The van der Waals surface area contributed by atoms with Gasteiger partial charge >= 0.3 is 5.97 Å². The van der Waals surface area contributed by atoms with Crippen molar-refractivity contribution in [2.24, 2.45) is 11.3 Å². The third-order valence-corrected chi connectivity index (χ3v) is 4.36. The summed E-state index contributed by atoms with van der Waals surface area (Å²) in [5, 5.41) is 18.3. The van der Waals surface area contributed by atoms with Crippen molar-refractivity contribution < 1.29 is 9.53 Å². The molecule has 1 saturated carbocycles. The molecule has 0 heterocycles. The van der Waals surface area contributed by atoms with Crippen LogP contribution in [0.4, 0.5) is 0 Å². The molecule has 2 atom stereocenters. The first-order valence-corrected chi connectivity index (χ1v) is 7.12. The van der Waals surface area contributed by atoms with Gasteiger partial charge in [0.05, 0.1) is 20.0 Å². The number of esters is 1. The Morgan fingerprint density at radius 3 is 2.57 bits per heavy atom. The summed E-state index contributed by atoms with van der Waals surface area (Å²) in [7, 11) is 6.47. The highest BCUT2D eigenvalue weighted by Gasteiger charge is 2.51. The number of nitrogens with zero attached hydrogens (tertiary/aromatic N) is 2. The molecule has 0 aromatic carbocycles. The van der Waals surface area contributed by atoms with Gasteiger partial charge < -0.3 is 4.74 Å². The molecule has 1 fully saturated rings. The van der Waals surface area contributed by atoms with E-state index in [1.165, 1.54) is 6.92 Å². The molecule has 0 bridgehead atoms. The van der Waals surface area contributed by atoms with E-state index >= 15 is 0 Å². The zero-order valence-corrected chi connectivity index (χ0v) is 12.6. The molecule has 0 aliphatic heterocycles. The van der Waals surface area contributed by atoms with E-state index in [1.807, 2.05) is 6.92 Å². The van der Waals surface area contributed by atoms with Crippen molar-refractivity contribution in [3.63, 3.8) is 0 Å². The molecule has 4 nitrogen and oxygen atoms in total. The Hall–Kier alpha value is -1.93. The normalized spacial score (nSPS) is 24.9. The standard InChI is InChI=1S/C16H19BN2O2/c1-13-7-3-4-9-16(13,17)15(11-18,12-19)8-5-6-10-21-14(2)20/h13H,3-4,7-10H2,1-2H3/t13-,16?/m1/s1. The van der Waals surface area contributed by atoms with E-state index in [1.54, 1.807) is 0 Å². The number of carbonyl (C=O) groups is 1. The fraction of sp³-hybridized carbons (Fsp3) is 0.688. The number of nitriles is 2. The Balaban J connectivity index is 2.91. The average molecular weight is 282 g/mol. The SMILES string of the molecule is [B]C1(C(C#N)(C#N)CC#CCOC(C)=O)CCCC[C@H]1C. The van der Waals surface area contributed by atoms with Crippen LogP contribution in [0.15, 0.2) is 0 Å². The number of ether oxygens (including phenoxy) is 1. The van der Waals surface area contributed by atoms with E-state index in [4.69, 9.17) is 12.6 Å². The van der Waals surface area contributed by atoms with Crippen molar-refractivity contribution in [1.29, 1.82) is 10.5 Å². The maximum atomic E-state index is 10.6. The van der Waals surface area contributed by atoms with Gasteiger partial charge in [0.2, 0.25) is 0 Å². The topological polar surface area (TPSA) is 73.9 Å². The molecule has 2 radical (unpaired) electrons. The van der Waals surface area contributed by atoms with Gasteiger partial charge in [0.15, 0.2) is 12.0 Å². The minimum atomic E-state index is -1.32. The lowest BCUT2D eigenvalue weighted by Gasteiger charge is -2.47. The van der Waals surface area contributed by atoms with Crippen LogP contribution in [0.25, 0.3) is 0 Å². The van der Waals surface area contributed by atoms with Crippen LogP contribution in [-0.2, 0) is 9.53 Å². The predicted molar refractivity (Wildman–Crippen MR) is 78.8 cm³/mol. The predicted octanol–water partition coefficient (Wildman–Crippen LogP) is 2.51. The summed E-state index contributed by atoms with van der Waals surface area (Å²) in [5.41, 5.74) is -1.32. The van der Waals surface area contributed by atoms with Gasteiger partial charge in [-0.05, 0) is 11.2 Å². The lowest BCUT2D eigenvalue weighted by Crippen LogP contribution is -2.41. The fourth-order valence-corrected chi connectivity index (χ4v) is 2.87. The Kier molecular flexibility index (Phi) is 5.86. The van der Waals surface area contributed by atoms with E-state index in [0.717, 1.165) is 19.3 Å². The van der Waals surface area contributed by atoms with Crippen molar-refractivity contribution in [2.75, 3.05) is 6.61 Å². The number of carbonyl (C=O) groups excluding carboxylic acids is 1. The van der Waals surface area contributed by atoms with Gasteiger partial charge in [0.25, 0.3) is 0 Å². The summed E-state index contributed by atoms with van der Waals surface area (Å²) in [5.74, 6) is 5.12. The minimum Gasteiger partial charge on any atom is -0.453 e. The molecule has 0 amide bonds. The van der Waals surface area contributed by atoms with Gasteiger partial charge in [0.1, 0.15) is 0 Å². The van der Waals surface area contributed by atoms with Gasteiger partial charge in [0, 0.05) is 13.3 Å². The summed E-state index contributed by atoms with van der Waals surface area (Å²) in [6.07, 6.45) is 3.64. The van der Waals surface area contributed by atoms with Crippen LogP contribution < -0.4 is 0 Å². The Morgan fingerprint density at radius 2 is 2.05 bits per heavy atom. The molecule has 108 valence electrons. The lowest BCUT2D eigenvalue weighted by atomic mass is 9.43. The van der Waals surface area contributed by atoms with Gasteiger partial charge in [-0.3, -0.25) is 4.79 Å². The van der Waals surface area contributed by atoms with Crippen LogP contribution in [0.3, 0.4) is 0 Å². The number of hydrogen-bond donors (Lipinski definition) is 0. The molecular formula is C16H19BN2O2. The van der Waals surface area contributed by atoms with Crippen molar-refractivity contribution in [1.82, 2.24) is 0 Å². The molecule has 1 aliphatic rings. The van der Waals surface area contributed by atoms with E-state index < -0.39 is 16.7 Å². The van der Waals surface area contributed by atoms with E-state index in [9.17, 15) is 15.3 Å². The first-order valence-electron chi connectivity index (χ1n) is 7.12. The van der Waals surface area contributed by atoms with Crippen molar-refractivity contribution in [3.05, 3.63) is 0 Å². The average Bonchev–Trinajstić information content (AvgIpc) is 2.46. The molecule has 0 spiro atoms. The summed E-state index contributed by atoms with van der Waals surface area (Å²) in [4.78, 5) is 10.6. The highest BCUT2D eigenvalue weighted by atomic mass is 16.5. The molecular weight excluding hydrogens is 263 g/mol.